The predicted molar refractivity (Wildman–Crippen MR) is 78.6 cm³/mol. The van der Waals surface area contributed by atoms with Crippen molar-refractivity contribution in [1.29, 1.82) is 0 Å². The maximum atomic E-state index is 12.1. The minimum absolute atomic E-state index is 0.0120. The van der Waals surface area contributed by atoms with Crippen molar-refractivity contribution in [3.63, 3.8) is 0 Å². The minimum atomic E-state index is -0.450. The molecule has 0 aromatic carbocycles. The van der Waals surface area contributed by atoms with Gasteiger partial charge in [-0.3, -0.25) is 9.59 Å². The first kappa shape index (κ1) is 13.8. The summed E-state index contributed by atoms with van der Waals surface area (Å²) in [5, 5.41) is 4.74. The summed E-state index contributed by atoms with van der Waals surface area (Å²) in [5.74, 6) is 0.142. The molecule has 0 saturated carbocycles. The molecule has 0 unspecified atom stereocenters. The molecule has 2 aromatic rings. The lowest BCUT2D eigenvalue weighted by Gasteiger charge is -2.38. The first-order valence-electron chi connectivity index (χ1n) is 6.80. The third kappa shape index (κ3) is 2.24. The van der Waals surface area contributed by atoms with Gasteiger partial charge in [-0.25, -0.2) is 9.67 Å². The quantitative estimate of drug-likeness (QED) is 0.776. The number of rotatable bonds is 1. The number of hydrogen-bond acceptors (Lipinski definition) is 4. The molecule has 21 heavy (non-hydrogen) atoms. The predicted octanol–water partition coefficient (Wildman–Crippen LogP) is 0.562. The Labute approximate surface area is 122 Å². The van der Waals surface area contributed by atoms with Gasteiger partial charge in [0, 0.05) is 13.1 Å². The third-order valence-electron chi connectivity index (χ3n) is 3.67. The molecule has 7 nitrogen and oxygen atoms in total. The van der Waals surface area contributed by atoms with Crippen molar-refractivity contribution in [3.8, 4) is 0 Å². The number of fused-ring (bicyclic) bond motifs is 1. The van der Waals surface area contributed by atoms with Crippen LogP contribution in [-0.2, 0) is 5.54 Å². The van der Waals surface area contributed by atoms with Crippen molar-refractivity contribution >= 4 is 24.7 Å². The van der Waals surface area contributed by atoms with Crippen LogP contribution in [0.2, 0.25) is 0 Å². The van der Waals surface area contributed by atoms with E-state index in [4.69, 9.17) is 7.85 Å². The third-order valence-corrected chi connectivity index (χ3v) is 3.67. The number of aromatic nitrogens is 4. The summed E-state index contributed by atoms with van der Waals surface area (Å²) in [6, 6.07) is 0. The number of H-pyrrole nitrogens is 1. The first-order chi connectivity index (χ1) is 9.77. The van der Waals surface area contributed by atoms with Crippen LogP contribution in [-0.4, -0.2) is 51.4 Å². The molecule has 1 fully saturated rings. The molecule has 108 valence electrons. The van der Waals surface area contributed by atoms with Gasteiger partial charge in [-0.15, -0.1) is 0 Å². The van der Waals surface area contributed by atoms with Crippen LogP contribution >= 0.6 is 0 Å². The van der Waals surface area contributed by atoms with Gasteiger partial charge in [0.05, 0.1) is 17.7 Å². The SMILES string of the molecule is [B]C(=O)N1CC(c2nc3c(cnn3C(C)(C)C)c(=O)[nH]2)C1. The van der Waals surface area contributed by atoms with Gasteiger partial charge < -0.3 is 9.88 Å². The summed E-state index contributed by atoms with van der Waals surface area (Å²) in [7, 11) is 5.20. The standard InChI is InChI=1S/C13H16BN5O2/c1-13(2,3)19-10-8(4-15-19)11(20)17-9(16-10)7-5-18(6-7)12(14)21/h4,7H,5-6H2,1-3H3,(H,16,17,20). The average Bonchev–Trinajstić information content (AvgIpc) is 2.69. The van der Waals surface area contributed by atoms with E-state index in [1.165, 1.54) is 11.1 Å². The van der Waals surface area contributed by atoms with Crippen molar-refractivity contribution < 1.29 is 4.79 Å². The van der Waals surface area contributed by atoms with Crippen molar-refractivity contribution in [2.75, 3.05) is 13.1 Å². The van der Waals surface area contributed by atoms with E-state index in [-0.39, 0.29) is 17.0 Å². The number of carbonyl (C=O) groups is 1. The molecule has 2 radical (unpaired) electrons. The summed E-state index contributed by atoms with van der Waals surface area (Å²) in [6.45, 7) is 6.96. The van der Waals surface area contributed by atoms with Gasteiger partial charge in [-0.1, -0.05) is 0 Å². The molecule has 0 atom stereocenters. The second-order valence-electron chi connectivity index (χ2n) is 6.36. The van der Waals surface area contributed by atoms with Crippen molar-refractivity contribution in [2.24, 2.45) is 0 Å². The highest BCUT2D eigenvalue weighted by atomic mass is 16.2. The number of hydrogen-bond donors (Lipinski definition) is 1. The highest BCUT2D eigenvalue weighted by Crippen LogP contribution is 2.25. The fourth-order valence-electron chi connectivity index (χ4n) is 2.45. The number of carbonyl (C=O) groups excluding carboxylic acids is 1. The normalized spacial score (nSPS) is 16.2. The zero-order valence-corrected chi connectivity index (χ0v) is 12.3. The fraction of sp³-hybridized carbons (Fsp3) is 0.538. The number of amides is 1. The summed E-state index contributed by atoms with van der Waals surface area (Å²) in [5.41, 5.74) is 0.0976. The van der Waals surface area contributed by atoms with Gasteiger partial charge in [0.15, 0.2) is 11.5 Å². The Kier molecular flexibility index (Phi) is 2.93. The average molecular weight is 285 g/mol. The Hall–Kier alpha value is -2.12. The van der Waals surface area contributed by atoms with Gasteiger partial charge in [-0.05, 0) is 20.8 Å². The Morgan fingerprint density at radius 3 is 2.67 bits per heavy atom. The molecule has 1 saturated heterocycles. The number of likely N-dealkylation sites (tertiary alicyclic amines) is 1. The molecule has 3 rings (SSSR count). The van der Waals surface area contributed by atoms with Crippen molar-refractivity contribution in [2.45, 2.75) is 32.2 Å². The molecular weight excluding hydrogens is 269 g/mol. The highest BCUT2D eigenvalue weighted by molar-refractivity contribution is 6.57. The van der Waals surface area contributed by atoms with Crippen LogP contribution in [0.25, 0.3) is 11.0 Å². The van der Waals surface area contributed by atoms with Crippen molar-refractivity contribution in [3.05, 3.63) is 22.4 Å². The van der Waals surface area contributed by atoms with Gasteiger partial charge in [0.1, 0.15) is 11.2 Å². The molecule has 2 aromatic heterocycles. The maximum Gasteiger partial charge on any atom is 0.262 e. The Bertz CT molecular complexity index is 767. The zero-order valence-electron chi connectivity index (χ0n) is 12.3. The van der Waals surface area contributed by atoms with Crippen LogP contribution in [0.1, 0.15) is 32.5 Å². The minimum Gasteiger partial charge on any atom is -0.351 e. The van der Waals surface area contributed by atoms with E-state index in [2.05, 4.69) is 15.1 Å². The Morgan fingerprint density at radius 2 is 2.10 bits per heavy atom. The van der Waals surface area contributed by atoms with E-state index >= 15 is 0 Å². The molecule has 1 aliphatic heterocycles. The fourth-order valence-corrected chi connectivity index (χ4v) is 2.45. The van der Waals surface area contributed by atoms with Gasteiger partial charge in [0.2, 0.25) is 7.85 Å². The number of aromatic amines is 1. The van der Waals surface area contributed by atoms with E-state index in [1.807, 2.05) is 20.8 Å². The monoisotopic (exact) mass is 285 g/mol. The molecule has 8 heteroatoms. The Morgan fingerprint density at radius 1 is 1.43 bits per heavy atom. The smallest absolute Gasteiger partial charge is 0.262 e. The Balaban J connectivity index is 2.03. The lowest BCUT2D eigenvalue weighted by atomic mass is 9.95. The van der Waals surface area contributed by atoms with Crippen LogP contribution in [0, 0.1) is 0 Å². The lowest BCUT2D eigenvalue weighted by molar-refractivity contribution is 0.170. The van der Waals surface area contributed by atoms with E-state index in [0.717, 1.165) is 0 Å². The highest BCUT2D eigenvalue weighted by Gasteiger charge is 2.32. The molecule has 0 aliphatic carbocycles. The van der Waals surface area contributed by atoms with E-state index in [9.17, 15) is 9.59 Å². The van der Waals surface area contributed by atoms with Crippen LogP contribution < -0.4 is 5.56 Å². The second kappa shape index (κ2) is 4.44. The van der Waals surface area contributed by atoms with Gasteiger partial charge in [-0.2, -0.15) is 5.10 Å². The topological polar surface area (TPSA) is 83.9 Å². The molecule has 3 heterocycles. The molecule has 1 N–H and O–H groups in total. The first-order valence-corrected chi connectivity index (χ1v) is 6.80. The molecule has 0 spiro atoms. The van der Waals surface area contributed by atoms with Crippen LogP contribution in [0.4, 0.5) is 4.79 Å². The maximum absolute atomic E-state index is 12.1. The molecule has 0 bridgehead atoms. The van der Waals surface area contributed by atoms with E-state index < -0.39 is 5.81 Å². The lowest BCUT2D eigenvalue weighted by Crippen LogP contribution is -2.49. The summed E-state index contributed by atoms with van der Waals surface area (Å²) >= 11 is 0. The van der Waals surface area contributed by atoms with Crippen LogP contribution in [0.15, 0.2) is 11.0 Å². The second-order valence-corrected chi connectivity index (χ2v) is 6.36. The van der Waals surface area contributed by atoms with Crippen molar-refractivity contribution in [1.82, 2.24) is 24.6 Å². The molecule has 1 aliphatic rings. The molecular formula is C13H16BN5O2. The summed E-state index contributed by atoms with van der Waals surface area (Å²) < 4.78 is 1.74. The van der Waals surface area contributed by atoms with E-state index in [0.29, 0.717) is 29.9 Å². The largest absolute Gasteiger partial charge is 0.351 e. The van der Waals surface area contributed by atoms with E-state index in [1.54, 1.807) is 4.68 Å². The number of nitrogens with one attached hydrogen (secondary N) is 1. The van der Waals surface area contributed by atoms with Crippen LogP contribution in [0.3, 0.4) is 0 Å². The number of nitrogens with zero attached hydrogens (tertiary/aromatic N) is 4. The van der Waals surface area contributed by atoms with Gasteiger partial charge >= 0.3 is 0 Å². The van der Waals surface area contributed by atoms with Gasteiger partial charge in [0.25, 0.3) is 5.56 Å². The summed E-state index contributed by atoms with van der Waals surface area (Å²) in [6.07, 6.45) is 1.53. The zero-order chi connectivity index (χ0) is 15.4. The summed E-state index contributed by atoms with van der Waals surface area (Å²) in [4.78, 5) is 32.0. The molecule has 1 amide bonds. The van der Waals surface area contributed by atoms with Crippen LogP contribution in [0.5, 0.6) is 0 Å².